The number of hydrogen-bond donors (Lipinski definition) is 4. The van der Waals surface area contributed by atoms with E-state index in [1.165, 1.54) is 12.4 Å². The van der Waals surface area contributed by atoms with Gasteiger partial charge in [0.2, 0.25) is 0 Å². The van der Waals surface area contributed by atoms with Crippen LogP contribution in [0.4, 0.5) is 36.1 Å². The molecule has 2 aromatic carbocycles. The van der Waals surface area contributed by atoms with Crippen LogP contribution in [-0.4, -0.2) is 54.0 Å². The van der Waals surface area contributed by atoms with Gasteiger partial charge in [0.05, 0.1) is 15.8 Å². The largest absolute Gasteiger partial charge is 0.416 e. The van der Waals surface area contributed by atoms with Crippen LogP contribution < -0.4 is 21.3 Å². The van der Waals surface area contributed by atoms with Crippen molar-refractivity contribution in [1.29, 1.82) is 0 Å². The Kier molecular flexibility index (Phi) is 8.88. The standard InChI is InChI=1S/C31H34F3N7OS/c1-18-6-7-23(40-30(42)20-12-21(31(32,33)34)14-24(13-20)35-10-5-11-41(3)4)15-26(18)38-19(2)25-16-43-28-27(25)36-17-37-29(28)39-22-8-9-22/h6-7,12-17,22,35,38H,2,5,8-11H2,1,3-4H3,(H,40,42)(H,36,37,39). The maximum Gasteiger partial charge on any atom is 0.416 e. The van der Waals surface area contributed by atoms with Crippen LogP contribution in [0.1, 0.15) is 46.3 Å². The number of anilines is 4. The van der Waals surface area contributed by atoms with E-state index in [0.717, 1.165) is 65.1 Å². The van der Waals surface area contributed by atoms with E-state index in [2.05, 4.69) is 37.8 Å². The Bertz CT molecular complexity index is 1650. The molecule has 0 radical (unpaired) electrons. The summed E-state index contributed by atoms with van der Waals surface area (Å²) in [6.45, 7) is 7.38. The lowest BCUT2D eigenvalue weighted by Gasteiger charge is -2.16. The second-order valence-corrected chi connectivity index (χ2v) is 11.8. The molecule has 0 bridgehead atoms. The number of nitrogens with zero attached hydrogens (tertiary/aromatic N) is 3. The third kappa shape index (κ3) is 7.63. The van der Waals surface area contributed by atoms with Gasteiger partial charge in [-0.1, -0.05) is 12.6 Å². The van der Waals surface area contributed by atoms with Crippen molar-refractivity contribution < 1.29 is 18.0 Å². The highest BCUT2D eigenvalue weighted by atomic mass is 32.1. The minimum absolute atomic E-state index is 0.0931. The van der Waals surface area contributed by atoms with Crippen molar-refractivity contribution in [2.45, 2.75) is 38.4 Å². The second-order valence-electron chi connectivity index (χ2n) is 10.9. The summed E-state index contributed by atoms with van der Waals surface area (Å²) in [7, 11) is 3.85. The number of carbonyl (C=O) groups is 1. The summed E-state index contributed by atoms with van der Waals surface area (Å²) in [5.41, 5.74) is 3.53. The summed E-state index contributed by atoms with van der Waals surface area (Å²) in [4.78, 5) is 24.0. The summed E-state index contributed by atoms with van der Waals surface area (Å²) in [5.74, 6) is 0.172. The fraction of sp³-hybridized carbons (Fsp3) is 0.323. The summed E-state index contributed by atoms with van der Waals surface area (Å²) < 4.78 is 41.9. The summed E-state index contributed by atoms with van der Waals surface area (Å²) in [6.07, 6.45) is -0.0541. The maximum atomic E-state index is 13.7. The predicted molar refractivity (Wildman–Crippen MR) is 169 cm³/mol. The van der Waals surface area contributed by atoms with Crippen molar-refractivity contribution in [3.8, 4) is 0 Å². The predicted octanol–water partition coefficient (Wildman–Crippen LogP) is 7.29. The zero-order chi connectivity index (χ0) is 30.7. The van der Waals surface area contributed by atoms with Crippen LogP contribution in [-0.2, 0) is 6.18 Å². The highest BCUT2D eigenvalue weighted by Gasteiger charge is 2.32. The molecular formula is C31H34F3N7OS. The Balaban J connectivity index is 1.32. The van der Waals surface area contributed by atoms with Crippen molar-refractivity contribution in [1.82, 2.24) is 14.9 Å². The molecule has 0 spiro atoms. The Hall–Kier alpha value is -4.16. The van der Waals surface area contributed by atoms with E-state index in [1.54, 1.807) is 23.5 Å². The number of alkyl halides is 3. The molecule has 0 unspecified atom stereocenters. The molecule has 43 heavy (non-hydrogen) atoms. The molecule has 1 amide bonds. The summed E-state index contributed by atoms with van der Waals surface area (Å²) >= 11 is 1.54. The molecule has 1 aliphatic rings. The Morgan fingerprint density at radius 2 is 1.88 bits per heavy atom. The molecule has 8 nitrogen and oxygen atoms in total. The average Bonchev–Trinajstić information content (AvgIpc) is 3.66. The van der Waals surface area contributed by atoms with Gasteiger partial charge < -0.3 is 26.2 Å². The molecular weight excluding hydrogens is 575 g/mol. The first kappa shape index (κ1) is 30.3. The van der Waals surface area contributed by atoms with Crippen LogP contribution >= 0.6 is 11.3 Å². The van der Waals surface area contributed by atoms with Crippen LogP contribution in [0.3, 0.4) is 0 Å². The molecule has 226 valence electrons. The summed E-state index contributed by atoms with van der Waals surface area (Å²) in [6, 6.07) is 9.04. The van der Waals surface area contributed by atoms with E-state index in [-0.39, 0.29) is 11.3 Å². The Morgan fingerprint density at radius 3 is 2.60 bits per heavy atom. The highest BCUT2D eigenvalue weighted by Crippen LogP contribution is 2.36. The molecule has 2 aromatic heterocycles. The number of fused-ring (bicyclic) bond motifs is 1. The number of rotatable bonds is 12. The highest BCUT2D eigenvalue weighted by molar-refractivity contribution is 7.18. The number of thiophene rings is 1. The third-order valence-corrected chi connectivity index (χ3v) is 7.99. The molecule has 0 aliphatic heterocycles. The van der Waals surface area contributed by atoms with Crippen molar-refractivity contribution in [2.24, 2.45) is 0 Å². The van der Waals surface area contributed by atoms with Gasteiger partial charge in [0.25, 0.3) is 5.91 Å². The van der Waals surface area contributed by atoms with Crippen LogP contribution in [0.2, 0.25) is 0 Å². The molecule has 5 rings (SSSR count). The molecule has 12 heteroatoms. The van der Waals surface area contributed by atoms with Crippen molar-refractivity contribution in [3.63, 3.8) is 0 Å². The second kappa shape index (κ2) is 12.6. The molecule has 0 saturated heterocycles. The van der Waals surface area contributed by atoms with E-state index >= 15 is 0 Å². The lowest BCUT2D eigenvalue weighted by atomic mass is 10.1. The van der Waals surface area contributed by atoms with Crippen LogP contribution in [0, 0.1) is 6.92 Å². The number of halogens is 3. The van der Waals surface area contributed by atoms with Crippen LogP contribution in [0.5, 0.6) is 0 Å². The average molecular weight is 610 g/mol. The van der Waals surface area contributed by atoms with Gasteiger partial charge in [-0.2, -0.15) is 13.2 Å². The minimum Gasteiger partial charge on any atom is -0.385 e. The fourth-order valence-electron chi connectivity index (χ4n) is 4.51. The Morgan fingerprint density at radius 1 is 1.09 bits per heavy atom. The van der Waals surface area contributed by atoms with E-state index in [9.17, 15) is 18.0 Å². The van der Waals surface area contributed by atoms with E-state index in [1.807, 2.05) is 37.4 Å². The zero-order valence-corrected chi connectivity index (χ0v) is 25.0. The number of benzene rings is 2. The Labute approximate surface area is 252 Å². The van der Waals surface area contributed by atoms with E-state index in [0.29, 0.717) is 29.7 Å². The van der Waals surface area contributed by atoms with Crippen molar-refractivity contribution >= 4 is 56.0 Å². The van der Waals surface area contributed by atoms with Gasteiger partial charge in [-0.15, -0.1) is 11.3 Å². The minimum atomic E-state index is -4.59. The SMILES string of the molecule is C=C(Nc1cc(NC(=O)c2cc(NCCCN(C)C)cc(C(F)(F)F)c2)ccc1C)c1csc2c(NC3CC3)ncnc12. The first-order valence-corrected chi connectivity index (χ1v) is 14.8. The number of hydrogen-bond acceptors (Lipinski definition) is 8. The topological polar surface area (TPSA) is 94.2 Å². The molecule has 1 aliphatic carbocycles. The number of aromatic nitrogens is 2. The van der Waals surface area contributed by atoms with Gasteiger partial charge >= 0.3 is 6.18 Å². The van der Waals surface area contributed by atoms with Gasteiger partial charge in [-0.25, -0.2) is 9.97 Å². The monoisotopic (exact) mass is 609 g/mol. The molecule has 1 fully saturated rings. The fourth-order valence-corrected chi connectivity index (χ4v) is 5.50. The quantitative estimate of drug-likeness (QED) is 0.125. The third-order valence-electron chi connectivity index (χ3n) is 7.01. The number of nitrogens with one attached hydrogen (secondary N) is 4. The van der Waals surface area contributed by atoms with Gasteiger partial charge in [-0.3, -0.25) is 4.79 Å². The normalized spacial score (nSPS) is 13.3. The van der Waals surface area contributed by atoms with Gasteiger partial charge in [-0.05, 0) is 82.7 Å². The molecule has 4 N–H and O–H groups in total. The smallest absolute Gasteiger partial charge is 0.385 e. The lowest BCUT2D eigenvalue weighted by molar-refractivity contribution is -0.137. The number of carbonyl (C=O) groups excluding carboxylic acids is 1. The molecule has 1 saturated carbocycles. The first-order valence-electron chi connectivity index (χ1n) is 14.0. The number of aryl methyl sites for hydroxylation is 1. The first-order chi connectivity index (χ1) is 20.5. The van der Waals surface area contributed by atoms with Crippen LogP contribution in [0.15, 0.2) is 54.7 Å². The zero-order valence-electron chi connectivity index (χ0n) is 24.2. The van der Waals surface area contributed by atoms with Gasteiger partial charge in [0, 0.05) is 51.9 Å². The van der Waals surface area contributed by atoms with Crippen LogP contribution in [0.25, 0.3) is 15.9 Å². The van der Waals surface area contributed by atoms with Gasteiger partial charge in [0.15, 0.2) is 0 Å². The number of amides is 1. The van der Waals surface area contributed by atoms with Gasteiger partial charge in [0.1, 0.15) is 12.1 Å². The van der Waals surface area contributed by atoms with Crippen molar-refractivity contribution in [3.05, 3.63) is 76.9 Å². The summed E-state index contributed by atoms with van der Waals surface area (Å²) in [5, 5.41) is 14.5. The van der Waals surface area contributed by atoms with E-state index < -0.39 is 17.6 Å². The van der Waals surface area contributed by atoms with E-state index in [4.69, 9.17) is 0 Å². The van der Waals surface area contributed by atoms with Crippen molar-refractivity contribution in [2.75, 3.05) is 48.5 Å². The maximum absolute atomic E-state index is 13.7. The molecule has 4 aromatic rings. The molecule has 0 atom stereocenters. The molecule has 2 heterocycles. The lowest BCUT2D eigenvalue weighted by Crippen LogP contribution is -2.18.